The first-order valence-electron chi connectivity index (χ1n) is 16.6. The third-order valence-corrected chi connectivity index (χ3v) is 12.4. The molecule has 0 bridgehead atoms. The molecule has 0 saturated carbocycles. The summed E-state index contributed by atoms with van der Waals surface area (Å²) in [6, 6.07) is 22.4. The number of sulfone groups is 2. The average molecular weight is 982 g/mol. The average Bonchev–Trinajstić information content (AvgIpc) is 3.89. The molecule has 23 heteroatoms. The molecule has 318 valence electrons. The summed E-state index contributed by atoms with van der Waals surface area (Å²) in [4.78, 5) is 24.1. The first-order valence-corrected chi connectivity index (χ1v) is 22.5. The van der Waals surface area contributed by atoms with Crippen LogP contribution in [0.4, 0.5) is 26.3 Å². The maximum absolute atomic E-state index is 13.2. The molecule has 0 aliphatic rings. The highest BCUT2D eigenvalue weighted by Crippen LogP contribution is 2.41. The van der Waals surface area contributed by atoms with Gasteiger partial charge in [0, 0.05) is 23.0 Å². The quantitative estimate of drug-likeness (QED) is 0.0752. The molecule has 3 heterocycles. The zero-order valence-corrected chi connectivity index (χ0v) is 35.4. The van der Waals surface area contributed by atoms with Crippen LogP contribution in [0.25, 0.3) is 43.4 Å². The third-order valence-electron chi connectivity index (χ3n) is 8.17. The first kappa shape index (κ1) is 46.0. The van der Waals surface area contributed by atoms with Gasteiger partial charge in [-0.25, -0.2) is 16.8 Å². The number of hydrogen-bond donors (Lipinski definition) is 1. The summed E-state index contributed by atoms with van der Waals surface area (Å²) in [5.41, 5.74) is -0.161. The molecule has 0 unspecified atom stereocenters. The van der Waals surface area contributed by atoms with E-state index < -0.39 is 74.5 Å². The molecule has 0 atom stereocenters. The van der Waals surface area contributed by atoms with Crippen LogP contribution in [0.1, 0.15) is 11.4 Å². The molecule has 3 aromatic heterocycles. The number of ether oxygens (including phenoxy) is 1. The third kappa shape index (κ3) is 11.2. The Kier molecular flexibility index (Phi) is 13.7. The van der Waals surface area contributed by atoms with Crippen LogP contribution < -0.4 is 0 Å². The molecule has 0 aliphatic carbocycles. The minimum atomic E-state index is -4.76. The number of carboxylic acids is 1. The van der Waals surface area contributed by atoms with Crippen LogP contribution in [0.3, 0.4) is 0 Å². The van der Waals surface area contributed by atoms with Crippen molar-refractivity contribution in [2.24, 2.45) is 0 Å². The lowest BCUT2D eigenvalue weighted by Crippen LogP contribution is -2.16. The highest BCUT2D eigenvalue weighted by Gasteiger charge is 2.39. The van der Waals surface area contributed by atoms with Gasteiger partial charge < -0.3 is 9.84 Å². The molecule has 1 N–H and O–H groups in total. The zero-order valence-electron chi connectivity index (χ0n) is 30.6. The van der Waals surface area contributed by atoms with Gasteiger partial charge in [-0.2, -0.15) is 36.5 Å². The lowest BCUT2D eigenvalue weighted by molar-refractivity contribution is -0.145. The van der Waals surface area contributed by atoms with Crippen LogP contribution in [0.15, 0.2) is 105 Å². The van der Waals surface area contributed by atoms with Crippen molar-refractivity contribution in [2.75, 3.05) is 18.6 Å². The Morgan fingerprint density at radius 2 is 1.28 bits per heavy atom. The number of carbonyl (C=O) groups is 2. The Hall–Kier alpha value is -5.03. The van der Waals surface area contributed by atoms with Crippen LogP contribution in [0.2, 0.25) is 0 Å². The number of hydrogen-bond acceptors (Lipinski definition) is 10. The fraction of sp³-hybridized carbons (Fsp3) is 0.189. The van der Waals surface area contributed by atoms with Crippen LogP contribution in [-0.2, 0) is 59.4 Å². The van der Waals surface area contributed by atoms with E-state index in [1.54, 1.807) is 48.5 Å². The Bertz CT molecular complexity index is 2790. The Morgan fingerprint density at radius 3 is 1.82 bits per heavy atom. The molecule has 0 amide bonds. The summed E-state index contributed by atoms with van der Waals surface area (Å²) < 4.78 is 132. The lowest BCUT2D eigenvalue weighted by Gasteiger charge is -2.08. The molecular formula is C37H28BrClF6N4O8S3. The van der Waals surface area contributed by atoms with Crippen molar-refractivity contribution in [3.63, 3.8) is 0 Å². The molecule has 0 saturated heterocycles. The SMILES string of the molecule is CS(=O)(=O)c1cccc(-c2ccc(-c3c(Br)c(C(F)(F)F)nn3CC(=O)O)cc2)c1.CS(=O)(=O)c1cccc(-c2ccc(-c3cc(C(F)(F)F)nn3CC(=O)OCCl)s2)c1. The van der Waals surface area contributed by atoms with Crippen molar-refractivity contribution in [3.8, 4) is 43.4 Å². The molecule has 12 nitrogen and oxygen atoms in total. The number of aromatic nitrogens is 4. The standard InChI is InChI=1S/C19H14BrF3N2O4S.C18H14ClF3N2O4S2/c1-30(28,29)14-4-2-3-13(9-14)11-5-7-12(8-6-11)17-16(20)18(19(21,22)23)24-25(17)10-15(26)27;1-30(26,27)12-4-2-3-11(7-12)14-5-6-15(29-14)13-8-16(18(20,21)22)23-24(13)9-17(25)28-10-19/h2-9H,10H2,1H3,(H,26,27);2-8H,9-10H2,1H3. The Morgan fingerprint density at radius 1 is 0.733 bits per heavy atom. The van der Waals surface area contributed by atoms with E-state index in [9.17, 15) is 52.8 Å². The molecule has 0 radical (unpaired) electrons. The van der Waals surface area contributed by atoms with Crippen molar-refractivity contribution >= 4 is 70.5 Å². The molecule has 0 spiro atoms. The number of carbonyl (C=O) groups excluding carboxylic acids is 1. The summed E-state index contributed by atoms with van der Waals surface area (Å²) in [5.74, 6) is -2.17. The first-order chi connectivity index (χ1) is 27.9. The van der Waals surface area contributed by atoms with Crippen LogP contribution >= 0.6 is 38.9 Å². The fourth-order valence-electron chi connectivity index (χ4n) is 5.48. The molecular weight excluding hydrogens is 954 g/mol. The van der Waals surface area contributed by atoms with Gasteiger partial charge in [-0.1, -0.05) is 60.1 Å². The highest BCUT2D eigenvalue weighted by molar-refractivity contribution is 9.10. The summed E-state index contributed by atoms with van der Waals surface area (Å²) in [6.45, 7) is -1.29. The number of thiophene rings is 1. The van der Waals surface area contributed by atoms with Gasteiger partial charge in [-0.15, -0.1) is 11.3 Å². The van der Waals surface area contributed by atoms with Gasteiger partial charge in [0.1, 0.15) is 13.1 Å². The van der Waals surface area contributed by atoms with Gasteiger partial charge in [-0.3, -0.25) is 19.0 Å². The smallest absolute Gasteiger partial charge is 0.436 e. The van der Waals surface area contributed by atoms with Crippen molar-refractivity contribution in [3.05, 3.63) is 107 Å². The number of rotatable bonds is 11. The summed E-state index contributed by atoms with van der Waals surface area (Å²) in [6.07, 6.45) is -7.28. The maximum atomic E-state index is 13.2. The minimum Gasteiger partial charge on any atom is -0.480 e. The number of halogens is 8. The van der Waals surface area contributed by atoms with E-state index in [0.29, 0.717) is 32.0 Å². The van der Waals surface area contributed by atoms with Crippen molar-refractivity contribution in [1.82, 2.24) is 19.6 Å². The van der Waals surface area contributed by atoms with Gasteiger partial charge in [0.05, 0.1) is 30.5 Å². The summed E-state index contributed by atoms with van der Waals surface area (Å²) in [5, 5.41) is 15.9. The van der Waals surface area contributed by atoms with Gasteiger partial charge in [0.2, 0.25) is 0 Å². The van der Waals surface area contributed by atoms with E-state index >= 15 is 0 Å². The molecule has 60 heavy (non-hydrogen) atoms. The predicted molar refractivity (Wildman–Crippen MR) is 212 cm³/mol. The molecule has 3 aromatic carbocycles. The normalized spacial score (nSPS) is 12.2. The van der Waals surface area contributed by atoms with E-state index in [1.165, 1.54) is 36.4 Å². The van der Waals surface area contributed by atoms with Gasteiger partial charge in [0.25, 0.3) is 0 Å². The predicted octanol–water partition coefficient (Wildman–Crippen LogP) is 8.93. The van der Waals surface area contributed by atoms with Crippen LogP contribution in [-0.4, -0.2) is 72.0 Å². The maximum Gasteiger partial charge on any atom is 0.436 e. The second-order valence-corrected chi connectivity index (χ2v) is 18.7. The van der Waals surface area contributed by atoms with Crippen LogP contribution in [0, 0.1) is 0 Å². The topological polar surface area (TPSA) is 168 Å². The Balaban J connectivity index is 0.000000228. The summed E-state index contributed by atoms with van der Waals surface area (Å²) >= 11 is 9.35. The van der Waals surface area contributed by atoms with E-state index in [2.05, 4.69) is 30.9 Å². The number of carboxylic acid groups (broad SMARTS) is 1. The van der Waals surface area contributed by atoms with Crippen molar-refractivity contribution < 1.29 is 62.6 Å². The largest absolute Gasteiger partial charge is 0.480 e. The van der Waals surface area contributed by atoms with Crippen molar-refractivity contribution in [2.45, 2.75) is 35.2 Å². The Labute approximate surface area is 355 Å². The monoisotopic (exact) mass is 980 g/mol. The lowest BCUT2D eigenvalue weighted by atomic mass is 10.0. The van der Waals surface area contributed by atoms with E-state index in [4.69, 9.17) is 16.7 Å². The number of aliphatic carboxylic acids is 1. The van der Waals surface area contributed by atoms with Gasteiger partial charge >= 0.3 is 24.3 Å². The molecule has 6 aromatic rings. The summed E-state index contributed by atoms with van der Waals surface area (Å²) in [7, 11) is -6.81. The molecule has 0 aliphatic heterocycles. The second-order valence-electron chi connectivity index (χ2n) is 12.6. The number of nitrogens with zero attached hydrogens (tertiary/aromatic N) is 4. The second kappa shape index (κ2) is 17.9. The van der Waals surface area contributed by atoms with E-state index in [1.807, 2.05) is 0 Å². The number of alkyl halides is 7. The molecule has 6 rings (SSSR count). The highest BCUT2D eigenvalue weighted by atomic mass is 79.9. The molecule has 0 fully saturated rings. The van der Waals surface area contributed by atoms with Gasteiger partial charge in [0.15, 0.2) is 37.1 Å². The number of esters is 1. The minimum absolute atomic E-state index is 0.0267. The van der Waals surface area contributed by atoms with Crippen molar-refractivity contribution in [1.29, 1.82) is 0 Å². The van der Waals surface area contributed by atoms with Gasteiger partial charge in [-0.05, 0) is 75.1 Å². The van der Waals surface area contributed by atoms with Crippen LogP contribution in [0.5, 0.6) is 0 Å². The zero-order chi connectivity index (χ0) is 44.4. The fourth-order valence-corrected chi connectivity index (χ4v) is 8.70. The van der Waals surface area contributed by atoms with E-state index in [-0.39, 0.29) is 25.7 Å². The van der Waals surface area contributed by atoms with E-state index in [0.717, 1.165) is 39.3 Å². The number of benzene rings is 3.